The molecule has 0 spiro atoms. The lowest BCUT2D eigenvalue weighted by molar-refractivity contribution is -0.186. The Labute approximate surface area is 179 Å². The first-order valence-electron chi connectivity index (χ1n) is 11.4. The molecule has 0 amide bonds. The highest BCUT2D eigenvalue weighted by Gasteiger charge is 2.67. The fourth-order valence-corrected chi connectivity index (χ4v) is 7.94. The van der Waals surface area contributed by atoms with Crippen molar-refractivity contribution in [2.24, 2.45) is 28.6 Å². The summed E-state index contributed by atoms with van der Waals surface area (Å²) in [4.78, 5) is 24.8. The number of esters is 1. The zero-order chi connectivity index (χ0) is 21.9. The van der Waals surface area contributed by atoms with Crippen LogP contribution in [0.5, 0.6) is 0 Å². The molecule has 1 N–H and O–H groups in total. The Morgan fingerprint density at radius 1 is 1.13 bits per heavy atom. The summed E-state index contributed by atoms with van der Waals surface area (Å²) >= 11 is 0. The largest absolute Gasteiger partial charge is 0.501 e. The maximum Gasteiger partial charge on any atom is 0.303 e. The van der Waals surface area contributed by atoms with E-state index in [2.05, 4.69) is 19.9 Å². The van der Waals surface area contributed by atoms with Crippen LogP contribution >= 0.6 is 0 Å². The minimum absolute atomic E-state index is 0.0211. The van der Waals surface area contributed by atoms with Crippen molar-refractivity contribution in [1.29, 1.82) is 0 Å². The molecule has 166 valence electrons. The van der Waals surface area contributed by atoms with Gasteiger partial charge in [0, 0.05) is 18.8 Å². The van der Waals surface area contributed by atoms with Crippen LogP contribution in [-0.2, 0) is 19.1 Å². The van der Waals surface area contributed by atoms with E-state index in [-0.39, 0.29) is 29.2 Å². The van der Waals surface area contributed by atoms with Gasteiger partial charge in [0.15, 0.2) is 11.4 Å². The molecule has 2 saturated carbocycles. The molecule has 0 aromatic heterocycles. The Bertz CT molecular complexity index is 825. The predicted molar refractivity (Wildman–Crippen MR) is 113 cm³/mol. The monoisotopic (exact) mass is 416 g/mol. The second-order valence-corrected chi connectivity index (χ2v) is 10.5. The third kappa shape index (κ3) is 2.77. The van der Waals surface area contributed by atoms with Crippen LogP contribution in [0, 0.1) is 28.6 Å². The van der Waals surface area contributed by atoms with Crippen molar-refractivity contribution in [3.05, 3.63) is 23.0 Å². The highest BCUT2D eigenvalue weighted by atomic mass is 16.6. The van der Waals surface area contributed by atoms with Crippen LogP contribution in [0.15, 0.2) is 23.0 Å². The number of aliphatic hydroxyl groups is 1. The summed E-state index contributed by atoms with van der Waals surface area (Å²) in [5.74, 6) is 1.83. The number of Topliss-reactive ketones (excluding diaryl/α,β-unsaturated/α-hetero) is 1. The molecule has 0 aliphatic heterocycles. The molecule has 4 aliphatic carbocycles. The lowest BCUT2D eigenvalue weighted by Crippen LogP contribution is -2.58. The molecule has 0 radical (unpaired) electrons. The van der Waals surface area contributed by atoms with Crippen LogP contribution < -0.4 is 0 Å². The minimum Gasteiger partial charge on any atom is -0.501 e. The van der Waals surface area contributed by atoms with Gasteiger partial charge >= 0.3 is 5.97 Å². The standard InChI is InChI=1S/C25H36O5/c1-15(27)25(30-16(2)28)11-8-21-19-12-17(14-26)22-13-18(29-5)6-9-23(22,3)20(19)7-10-24(21,25)4/h13,19-21,26H,6-12,14H2,1-5H3/t19?,20?,21?,23?,24?,25-/m0/s1. The van der Waals surface area contributed by atoms with Gasteiger partial charge in [-0.05, 0) is 85.8 Å². The molecule has 0 heterocycles. The smallest absolute Gasteiger partial charge is 0.303 e. The van der Waals surface area contributed by atoms with E-state index in [0.29, 0.717) is 24.2 Å². The number of aliphatic hydroxyl groups excluding tert-OH is 1. The van der Waals surface area contributed by atoms with E-state index in [9.17, 15) is 14.7 Å². The summed E-state index contributed by atoms with van der Waals surface area (Å²) in [7, 11) is 1.72. The van der Waals surface area contributed by atoms with Crippen LogP contribution in [0.4, 0.5) is 0 Å². The molecule has 0 bridgehead atoms. The van der Waals surface area contributed by atoms with Gasteiger partial charge in [-0.15, -0.1) is 0 Å². The number of ether oxygens (including phenoxy) is 2. The third-order valence-electron chi connectivity index (χ3n) is 9.39. The zero-order valence-corrected chi connectivity index (χ0v) is 19.0. The molecule has 6 atom stereocenters. The highest BCUT2D eigenvalue weighted by Crippen LogP contribution is 2.68. The maximum absolute atomic E-state index is 12.9. The number of carbonyl (C=O) groups is 2. The van der Waals surface area contributed by atoms with Gasteiger partial charge < -0.3 is 14.6 Å². The van der Waals surface area contributed by atoms with Crippen molar-refractivity contribution < 1.29 is 24.2 Å². The quantitative estimate of drug-likeness (QED) is 0.690. The fourth-order valence-electron chi connectivity index (χ4n) is 7.94. The van der Waals surface area contributed by atoms with Crippen LogP contribution in [-0.4, -0.2) is 36.2 Å². The fraction of sp³-hybridized carbons (Fsp3) is 0.760. The molecule has 4 aliphatic rings. The lowest BCUT2D eigenvalue weighted by atomic mass is 9.46. The van der Waals surface area contributed by atoms with Gasteiger partial charge in [-0.25, -0.2) is 0 Å². The summed E-state index contributed by atoms with van der Waals surface area (Å²) in [6, 6.07) is 0. The van der Waals surface area contributed by atoms with Gasteiger partial charge in [0.25, 0.3) is 0 Å². The van der Waals surface area contributed by atoms with Crippen molar-refractivity contribution in [2.45, 2.75) is 78.2 Å². The van der Waals surface area contributed by atoms with Crippen molar-refractivity contribution in [3.63, 3.8) is 0 Å². The maximum atomic E-state index is 12.9. The van der Waals surface area contributed by atoms with E-state index < -0.39 is 5.60 Å². The van der Waals surface area contributed by atoms with Gasteiger partial charge in [0.1, 0.15) is 0 Å². The molecular formula is C25H36O5. The van der Waals surface area contributed by atoms with Crippen LogP contribution in [0.3, 0.4) is 0 Å². The number of fused-ring (bicyclic) bond motifs is 5. The second-order valence-electron chi connectivity index (χ2n) is 10.5. The summed E-state index contributed by atoms with van der Waals surface area (Å²) in [6.45, 7) is 7.59. The van der Waals surface area contributed by atoms with Gasteiger partial charge in [0.05, 0.1) is 19.5 Å². The molecular weight excluding hydrogens is 380 g/mol. The van der Waals surface area contributed by atoms with E-state index in [1.807, 2.05) is 0 Å². The molecule has 4 rings (SSSR count). The van der Waals surface area contributed by atoms with E-state index in [4.69, 9.17) is 9.47 Å². The normalized spacial score (nSPS) is 42.6. The molecule has 0 aromatic carbocycles. The minimum atomic E-state index is -1.01. The van der Waals surface area contributed by atoms with Crippen LogP contribution in [0.2, 0.25) is 0 Å². The lowest BCUT2D eigenvalue weighted by Gasteiger charge is -2.59. The molecule has 2 fully saturated rings. The molecule has 30 heavy (non-hydrogen) atoms. The van der Waals surface area contributed by atoms with E-state index in [1.165, 1.54) is 12.5 Å². The average Bonchev–Trinajstić information content (AvgIpc) is 3.00. The van der Waals surface area contributed by atoms with Gasteiger partial charge in [-0.1, -0.05) is 13.8 Å². The Morgan fingerprint density at radius 2 is 1.83 bits per heavy atom. The first kappa shape index (κ1) is 21.6. The van der Waals surface area contributed by atoms with Gasteiger partial charge in [0.2, 0.25) is 0 Å². The first-order chi connectivity index (χ1) is 14.1. The highest BCUT2D eigenvalue weighted by molar-refractivity contribution is 5.89. The predicted octanol–water partition coefficient (Wildman–Crippen LogP) is 4.34. The summed E-state index contributed by atoms with van der Waals surface area (Å²) in [6.07, 6.45) is 8.39. The number of allylic oxidation sites excluding steroid dienone is 3. The van der Waals surface area contributed by atoms with Crippen LogP contribution in [0.1, 0.15) is 72.6 Å². The molecule has 5 nitrogen and oxygen atoms in total. The van der Waals surface area contributed by atoms with Gasteiger partial charge in [-0.3, -0.25) is 9.59 Å². The summed E-state index contributed by atoms with van der Waals surface area (Å²) < 4.78 is 11.4. The van der Waals surface area contributed by atoms with E-state index in [1.54, 1.807) is 14.0 Å². The Balaban J connectivity index is 1.77. The number of ketones is 1. The second kappa shape index (κ2) is 7.22. The Morgan fingerprint density at radius 3 is 2.43 bits per heavy atom. The number of hydrogen-bond acceptors (Lipinski definition) is 5. The molecule has 5 heteroatoms. The van der Waals surface area contributed by atoms with E-state index in [0.717, 1.165) is 49.9 Å². The number of rotatable bonds is 4. The third-order valence-corrected chi connectivity index (χ3v) is 9.39. The number of hydrogen-bond donors (Lipinski definition) is 1. The number of methoxy groups -OCH3 is 1. The first-order valence-corrected chi connectivity index (χ1v) is 11.4. The van der Waals surface area contributed by atoms with Crippen molar-refractivity contribution in [3.8, 4) is 0 Å². The summed E-state index contributed by atoms with van der Waals surface area (Å²) in [5, 5.41) is 10.3. The zero-order valence-electron chi connectivity index (χ0n) is 19.0. The molecule has 5 unspecified atom stereocenters. The van der Waals surface area contributed by atoms with Crippen molar-refractivity contribution in [2.75, 3.05) is 13.7 Å². The SMILES string of the molecule is COC1=CC2=C(CO)CC3C(CCC4(C)C3CC[C@]4(OC(C)=O)C(C)=O)C2(C)CC1. The average molecular weight is 417 g/mol. The molecule has 0 aromatic rings. The Kier molecular flexibility index (Phi) is 5.20. The van der Waals surface area contributed by atoms with Gasteiger partial charge in [-0.2, -0.15) is 0 Å². The van der Waals surface area contributed by atoms with Crippen molar-refractivity contribution in [1.82, 2.24) is 0 Å². The number of carbonyl (C=O) groups excluding carboxylic acids is 2. The van der Waals surface area contributed by atoms with Crippen molar-refractivity contribution >= 4 is 11.8 Å². The topological polar surface area (TPSA) is 72.8 Å². The van der Waals surface area contributed by atoms with Crippen LogP contribution in [0.25, 0.3) is 0 Å². The molecule has 0 saturated heterocycles. The summed E-state index contributed by atoms with van der Waals surface area (Å²) in [5.41, 5.74) is 1.06. The Hall–Kier alpha value is -1.62. The van der Waals surface area contributed by atoms with E-state index >= 15 is 0 Å².